The lowest BCUT2D eigenvalue weighted by Crippen LogP contribution is -2.19. The first-order chi connectivity index (χ1) is 14.6. The molecule has 0 aliphatic carbocycles. The summed E-state index contributed by atoms with van der Waals surface area (Å²) in [5, 5.41) is 0.756. The normalized spacial score (nSPS) is 15.7. The van der Waals surface area contributed by atoms with Crippen LogP contribution in [0.2, 0.25) is 0 Å². The number of pyridine rings is 2. The van der Waals surface area contributed by atoms with Gasteiger partial charge in [-0.05, 0) is 30.3 Å². The topological polar surface area (TPSA) is 101 Å². The van der Waals surface area contributed by atoms with E-state index in [0.29, 0.717) is 34.3 Å². The highest BCUT2D eigenvalue weighted by Gasteiger charge is 2.24. The Morgan fingerprint density at radius 1 is 1.13 bits per heavy atom. The summed E-state index contributed by atoms with van der Waals surface area (Å²) in [4.78, 5) is 25.6. The number of methoxy groups -OCH3 is 3. The summed E-state index contributed by atoms with van der Waals surface area (Å²) < 4.78 is 22.2. The number of nitrogens with one attached hydrogen (secondary N) is 1. The van der Waals surface area contributed by atoms with Crippen LogP contribution in [0.4, 0.5) is 0 Å². The monoisotopic (exact) mass is 411 g/mol. The van der Waals surface area contributed by atoms with Crippen LogP contribution in [0.25, 0.3) is 22.2 Å². The molecule has 9 heteroatoms. The van der Waals surface area contributed by atoms with Crippen molar-refractivity contribution in [2.24, 2.45) is 0 Å². The SMILES string of the molecule is COc1cc(-c2cc3ncccc3c(OCC3CC(=O)NO3)n2)cc(OC)c1OC. The molecule has 2 aromatic heterocycles. The van der Waals surface area contributed by atoms with E-state index in [1.807, 2.05) is 30.3 Å². The van der Waals surface area contributed by atoms with Gasteiger partial charge in [-0.25, -0.2) is 10.5 Å². The van der Waals surface area contributed by atoms with Crippen molar-refractivity contribution in [2.75, 3.05) is 27.9 Å². The second-order valence-electron chi connectivity index (χ2n) is 6.58. The minimum absolute atomic E-state index is 0.172. The van der Waals surface area contributed by atoms with Crippen molar-refractivity contribution in [3.8, 4) is 34.4 Å². The van der Waals surface area contributed by atoms with Crippen LogP contribution in [-0.4, -0.2) is 49.9 Å². The molecule has 9 nitrogen and oxygen atoms in total. The third-order valence-electron chi connectivity index (χ3n) is 4.68. The predicted octanol–water partition coefficient (Wildman–Crippen LogP) is 2.52. The highest BCUT2D eigenvalue weighted by atomic mass is 16.7. The van der Waals surface area contributed by atoms with Gasteiger partial charge in [0.2, 0.25) is 17.5 Å². The van der Waals surface area contributed by atoms with Crippen LogP contribution in [0.5, 0.6) is 23.1 Å². The van der Waals surface area contributed by atoms with Gasteiger partial charge in [0.25, 0.3) is 0 Å². The van der Waals surface area contributed by atoms with E-state index in [2.05, 4.69) is 15.4 Å². The molecule has 3 heterocycles. The Morgan fingerprint density at radius 3 is 2.53 bits per heavy atom. The quantitative estimate of drug-likeness (QED) is 0.633. The Morgan fingerprint density at radius 2 is 1.90 bits per heavy atom. The fraction of sp³-hybridized carbons (Fsp3) is 0.286. The Kier molecular flexibility index (Phi) is 5.53. The van der Waals surface area contributed by atoms with Gasteiger partial charge in [-0.2, -0.15) is 0 Å². The number of hydroxylamine groups is 1. The van der Waals surface area contributed by atoms with Crippen LogP contribution >= 0.6 is 0 Å². The van der Waals surface area contributed by atoms with E-state index in [1.165, 1.54) is 0 Å². The third kappa shape index (κ3) is 3.79. The number of rotatable bonds is 7. The molecule has 1 aliphatic rings. The van der Waals surface area contributed by atoms with Crippen LogP contribution in [0, 0.1) is 0 Å². The van der Waals surface area contributed by atoms with Gasteiger partial charge >= 0.3 is 0 Å². The van der Waals surface area contributed by atoms with E-state index in [0.717, 1.165) is 10.9 Å². The number of hydrogen-bond donors (Lipinski definition) is 1. The number of carbonyl (C=O) groups excluding carboxylic acids is 1. The van der Waals surface area contributed by atoms with Gasteiger partial charge in [-0.3, -0.25) is 14.6 Å². The smallest absolute Gasteiger partial charge is 0.246 e. The molecule has 1 atom stereocenters. The van der Waals surface area contributed by atoms with Crippen molar-refractivity contribution in [1.29, 1.82) is 0 Å². The molecule has 1 N–H and O–H groups in total. The fourth-order valence-corrected chi connectivity index (χ4v) is 3.24. The summed E-state index contributed by atoms with van der Waals surface area (Å²) in [5.74, 6) is 1.75. The number of benzene rings is 1. The fourth-order valence-electron chi connectivity index (χ4n) is 3.24. The zero-order chi connectivity index (χ0) is 21.1. The maximum Gasteiger partial charge on any atom is 0.246 e. The summed E-state index contributed by atoms with van der Waals surface area (Å²) in [6.45, 7) is 0.175. The van der Waals surface area contributed by atoms with Gasteiger partial charge in [0.15, 0.2) is 11.5 Å². The van der Waals surface area contributed by atoms with E-state index < -0.39 is 0 Å². The third-order valence-corrected chi connectivity index (χ3v) is 4.68. The lowest BCUT2D eigenvalue weighted by molar-refractivity contribution is -0.124. The van der Waals surface area contributed by atoms with Crippen LogP contribution in [0.1, 0.15) is 6.42 Å². The van der Waals surface area contributed by atoms with E-state index >= 15 is 0 Å². The molecule has 30 heavy (non-hydrogen) atoms. The molecule has 0 bridgehead atoms. The van der Waals surface area contributed by atoms with Crippen molar-refractivity contribution < 1.29 is 28.6 Å². The van der Waals surface area contributed by atoms with Crippen molar-refractivity contribution in [3.63, 3.8) is 0 Å². The number of ether oxygens (including phenoxy) is 4. The molecule has 4 rings (SSSR count). The highest BCUT2D eigenvalue weighted by Crippen LogP contribution is 2.41. The van der Waals surface area contributed by atoms with Crippen LogP contribution in [0.3, 0.4) is 0 Å². The van der Waals surface area contributed by atoms with Crippen LogP contribution in [0.15, 0.2) is 36.5 Å². The Balaban J connectivity index is 1.75. The molecule has 0 spiro atoms. The lowest BCUT2D eigenvalue weighted by atomic mass is 10.1. The van der Waals surface area contributed by atoms with E-state index in [1.54, 1.807) is 27.5 Å². The van der Waals surface area contributed by atoms with Gasteiger partial charge in [-0.15, -0.1) is 0 Å². The molecule has 1 aromatic carbocycles. The number of amides is 1. The van der Waals surface area contributed by atoms with Gasteiger partial charge in [-0.1, -0.05) is 0 Å². The molecule has 1 aliphatic heterocycles. The van der Waals surface area contributed by atoms with Crippen molar-refractivity contribution in [1.82, 2.24) is 15.4 Å². The molecule has 1 amide bonds. The van der Waals surface area contributed by atoms with Crippen LogP contribution < -0.4 is 24.4 Å². The molecule has 1 unspecified atom stereocenters. The minimum atomic E-state index is -0.379. The number of carbonyl (C=O) groups is 1. The molecule has 1 fully saturated rings. The van der Waals surface area contributed by atoms with Gasteiger partial charge < -0.3 is 18.9 Å². The first kappa shape index (κ1) is 19.7. The van der Waals surface area contributed by atoms with Crippen LogP contribution in [-0.2, 0) is 9.63 Å². The Labute approximate surface area is 172 Å². The molecule has 3 aromatic rings. The number of hydrogen-bond acceptors (Lipinski definition) is 8. The van der Waals surface area contributed by atoms with E-state index in [4.69, 9.17) is 23.8 Å². The zero-order valence-electron chi connectivity index (χ0n) is 16.8. The average Bonchev–Trinajstić information content (AvgIpc) is 3.21. The summed E-state index contributed by atoms with van der Waals surface area (Å²) in [5.41, 5.74) is 4.41. The molecule has 1 saturated heterocycles. The first-order valence-corrected chi connectivity index (χ1v) is 9.26. The molecule has 0 saturated carbocycles. The summed E-state index contributed by atoms with van der Waals surface area (Å²) in [7, 11) is 4.67. The van der Waals surface area contributed by atoms with Gasteiger partial charge in [0.05, 0.1) is 44.3 Å². The van der Waals surface area contributed by atoms with Crippen molar-refractivity contribution >= 4 is 16.8 Å². The van der Waals surface area contributed by atoms with Crippen molar-refractivity contribution in [2.45, 2.75) is 12.5 Å². The minimum Gasteiger partial charge on any atom is -0.493 e. The van der Waals surface area contributed by atoms with Gasteiger partial charge in [0.1, 0.15) is 12.7 Å². The summed E-state index contributed by atoms with van der Waals surface area (Å²) in [6.07, 6.45) is 1.56. The second kappa shape index (κ2) is 8.42. The predicted molar refractivity (Wildman–Crippen MR) is 108 cm³/mol. The molecule has 156 valence electrons. The summed E-state index contributed by atoms with van der Waals surface area (Å²) in [6, 6.07) is 9.17. The first-order valence-electron chi connectivity index (χ1n) is 9.26. The average molecular weight is 411 g/mol. The number of nitrogens with zero attached hydrogens (tertiary/aromatic N) is 2. The maximum atomic E-state index is 11.3. The van der Waals surface area contributed by atoms with Gasteiger partial charge in [0, 0.05) is 11.8 Å². The molecular weight excluding hydrogens is 390 g/mol. The molecule has 0 radical (unpaired) electrons. The number of fused-ring (bicyclic) bond motifs is 1. The van der Waals surface area contributed by atoms with E-state index in [9.17, 15) is 4.79 Å². The molecular formula is C21H21N3O6. The van der Waals surface area contributed by atoms with E-state index in [-0.39, 0.29) is 25.0 Å². The number of aromatic nitrogens is 2. The summed E-state index contributed by atoms with van der Waals surface area (Å²) >= 11 is 0. The van der Waals surface area contributed by atoms with Crippen molar-refractivity contribution in [3.05, 3.63) is 36.5 Å². The maximum absolute atomic E-state index is 11.3. The lowest BCUT2D eigenvalue weighted by Gasteiger charge is -2.15. The standard InChI is InChI=1S/C21H21N3O6/c1-26-17-7-12(8-18(27-2)20(17)28-3)15-10-16-14(5-4-6-22-16)21(23-15)29-11-13-9-19(25)24-30-13/h4-8,10,13H,9,11H2,1-3H3,(H,24,25). The Bertz CT molecular complexity index is 1060. The Hall–Kier alpha value is -3.59. The zero-order valence-corrected chi connectivity index (χ0v) is 16.8. The largest absolute Gasteiger partial charge is 0.493 e. The highest BCUT2D eigenvalue weighted by molar-refractivity contribution is 5.87. The second-order valence-corrected chi connectivity index (χ2v) is 6.58.